The molecular formula is C35H43FN2O3. The summed E-state index contributed by atoms with van der Waals surface area (Å²) in [4.78, 5) is 0. The second kappa shape index (κ2) is 12.2. The van der Waals surface area contributed by atoms with Crippen LogP contribution in [0.2, 0.25) is 0 Å². The Morgan fingerprint density at radius 2 is 1.71 bits per heavy atom. The van der Waals surface area contributed by atoms with Crippen molar-refractivity contribution in [1.29, 1.82) is 5.26 Å². The van der Waals surface area contributed by atoms with E-state index in [1.807, 2.05) is 65.0 Å². The fourth-order valence-electron chi connectivity index (χ4n) is 5.90. The molecule has 0 radical (unpaired) electrons. The van der Waals surface area contributed by atoms with Gasteiger partial charge in [-0.3, -0.25) is 0 Å². The van der Waals surface area contributed by atoms with Crippen molar-refractivity contribution in [2.24, 2.45) is 0 Å². The number of hydrogen-bond donors (Lipinski definition) is 0. The maximum atomic E-state index is 14.0. The predicted octanol–water partition coefficient (Wildman–Crippen LogP) is 8.98. The van der Waals surface area contributed by atoms with Gasteiger partial charge in [-0.25, -0.2) is 4.39 Å². The van der Waals surface area contributed by atoms with Crippen LogP contribution in [0.4, 0.5) is 4.39 Å². The summed E-state index contributed by atoms with van der Waals surface area (Å²) in [6.45, 7) is 18.9. The molecule has 1 aliphatic rings. The van der Waals surface area contributed by atoms with Crippen LogP contribution in [0.5, 0.6) is 0 Å². The molecule has 5 nitrogen and oxygen atoms in total. The first-order chi connectivity index (χ1) is 19.3. The van der Waals surface area contributed by atoms with Gasteiger partial charge in [0.2, 0.25) is 0 Å². The quantitative estimate of drug-likeness (QED) is 0.246. The van der Waals surface area contributed by atoms with Gasteiger partial charge in [-0.05, 0) is 82.3 Å². The van der Waals surface area contributed by atoms with Crippen LogP contribution in [0.1, 0.15) is 84.9 Å². The SMILES string of the molecule is C=C(C[C@H]1C[C@@H](CCn2c(-c3ccc(F)cc3)c(-c3ccccc3)c(C#N)c2C(C)C)OC(C)(C)O1)OC(C)(C)C. The molecule has 4 rings (SSSR count). The van der Waals surface area contributed by atoms with Crippen molar-refractivity contribution in [2.45, 2.75) is 104 Å². The first-order valence-corrected chi connectivity index (χ1v) is 14.5. The molecule has 1 fully saturated rings. The Hall–Kier alpha value is -3.40. The maximum Gasteiger partial charge on any atom is 0.163 e. The van der Waals surface area contributed by atoms with Gasteiger partial charge in [0, 0.05) is 30.6 Å². The van der Waals surface area contributed by atoms with E-state index < -0.39 is 5.79 Å². The minimum atomic E-state index is -0.750. The van der Waals surface area contributed by atoms with Gasteiger partial charge in [-0.15, -0.1) is 0 Å². The lowest BCUT2D eigenvalue weighted by Gasteiger charge is -2.41. The summed E-state index contributed by atoms with van der Waals surface area (Å²) in [5.41, 5.74) is 4.95. The number of halogens is 1. The Kier molecular flexibility index (Phi) is 9.11. The van der Waals surface area contributed by atoms with Crippen molar-refractivity contribution in [3.05, 3.63) is 84.0 Å². The van der Waals surface area contributed by atoms with Gasteiger partial charge in [0.1, 0.15) is 17.5 Å². The second-order valence-electron chi connectivity index (χ2n) is 12.6. The molecule has 3 aromatic rings. The molecule has 1 aliphatic heterocycles. The fourth-order valence-corrected chi connectivity index (χ4v) is 5.90. The van der Waals surface area contributed by atoms with Crippen molar-refractivity contribution in [3.8, 4) is 28.5 Å². The fraction of sp³-hybridized carbons (Fsp3) is 0.457. The summed E-state index contributed by atoms with van der Waals surface area (Å²) in [5.74, 6) is -0.242. The number of nitriles is 1. The largest absolute Gasteiger partial charge is 0.493 e. The molecule has 1 aromatic heterocycles. The van der Waals surface area contributed by atoms with Gasteiger partial charge < -0.3 is 18.8 Å². The monoisotopic (exact) mass is 558 g/mol. The van der Waals surface area contributed by atoms with E-state index in [9.17, 15) is 9.65 Å². The molecule has 0 amide bonds. The van der Waals surface area contributed by atoms with Crippen molar-refractivity contribution in [3.63, 3.8) is 0 Å². The van der Waals surface area contributed by atoms with E-state index in [0.29, 0.717) is 30.7 Å². The maximum absolute atomic E-state index is 14.0. The van der Waals surface area contributed by atoms with Crippen LogP contribution >= 0.6 is 0 Å². The molecule has 0 unspecified atom stereocenters. The highest BCUT2D eigenvalue weighted by molar-refractivity contribution is 5.87. The van der Waals surface area contributed by atoms with Crippen molar-refractivity contribution >= 4 is 0 Å². The third kappa shape index (κ3) is 7.47. The summed E-state index contributed by atoms with van der Waals surface area (Å²) in [7, 11) is 0. The molecule has 0 saturated carbocycles. The van der Waals surface area contributed by atoms with Crippen molar-refractivity contribution in [1.82, 2.24) is 4.57 Å². The van der Waals surface area contributed by atoms with E-state index in [2.05, 4.69) is 31.1 Å². The Bertz CT molecular complexity index is 1390. The summed E-state index contributed by atoms with van der Waals surface area (Å²) < 4.78 is 34.9. The van der Waals surface area contributed by atoms with E-state index in [1.54, 1.807) is 12.1 Å². The average molecular weight is 559 g/mol. The molecule has 1 saturated heterocycles. The van der Waals surface area contributed by atoms with Crippen LogP contribution in [-0.4, -0.2) is 28.2 Å². The number of hydrogen-bond acceptors (Lipinski definition) is 4. The molecule has 6 heteroatoms. The van der Waals surface area contributed by atoms with Gasteiger partial charge in [-0.1, -0.05) is 50.8 Å². The smallest absolute Gasteiger partial charge is 0.163 e. The molecule has 0 bridgehead atoms. The van der Waals surface area contributed by atoms with E-state index in [-0.39, 0.29) is 29.5 Å². The minimum Gasteiger partial charge on any atom is -0.493 e. The molecular weight excluding hydrogens is 515 g/mol. The normalized spacial score (nSPS) is 18.7. The van der Waals surface area contributed by atoms with Crippen LogP contribution < -0.4 is 0 Å². The zero-order valence-corrected chi connectivity index (χ0v) is 25.5. The van der Waals surface area contributed by atoms with Crippen LogP contribution in [0.25, 0.3) is 22.4 Å². The first-order valence-electron chi connectivity index (χ1n) is 14.5. The number of aromatic nitrogens is 1. The van der Waals surface area contributed by atoms with E-state index in [0.717, 1.165) is 34.5 Å². The van der Waals surface area contributed by atoms with Gasteiger partial charge in [0.05, 0.1) is 29.2 Å². The summed E-state index contributed by atoms with van der Waals surface area (Å²) in [6, 6.07) is 19.0. The molecule has 2 heterocycles. The van der Waals surface area contributed by atoms with Crippen molar-refractivity contribution < 1.29 is 18.6 Å². The van der Waals surface area contributed by atoms with Crippen LogP contribution in [0.15, 0.2) is 66.9 Å². The van der Waals surface area contributed by atoms with Gasteiger partial charge in [0.25, 0.3) is 0 Å². The second-order valence-corrected chi connectivity index (χ2v) is 12.6. The predicted molar refractivity (Wildman–Crippen MR) is 162 cm³/mol. The summed E-state index contributed by atoms with van der Waals surface area (Å²) >= 11 is 0. The van der Waals surface area contributed by atoms with Gasteiger partial charge in [0.15, 0.2) is 5.79 Å². The minimum absolute atomic E-state index is 0.0691. The number of ether oxygens (including phenoxy) is 3. The van der Waals surface area contributed by atoms with Crippen molar-refractivity contribution in [2.75, 3.05) is 0 Å². The standard InChI is InChI=1S/C35H43FN2O3/c1-23(2)32-30(22-37)31(25-12-10-9-11-13-25)33(26-14-16-27(36)17-15-26)38(32)19-18-28-21-29(41-35(7,8)40-28)20-24(3)39-34(4,5)6/h9-17,23,28-29H,3,18-21H2,1-2,4-8H3/t28-,29+/m1/s1. The summed E-state index contributed by atoms with van der Waals surface area (Å²) in [6.07, 6.45) is 1.87. The summed E-state index contributed by atoms with van der Waals surface area (Å²) in [5, 5.41) is 10.4. The zero-order chi connectivity index (χ0) is 29.9. The molecule has 2 atom stereocenters. The Morgan fingerprint density at radius 1 is 1.07 bits per heavy atom. The number of nitrogens with zero attached hydrogens (tertiary/aromatic N) is 2. The molecule has 2 aromatic carbocycles. The highest BCUT2D eigenvalue weighted by atomic mass is 19.1. The lowest BCUT2D eigenvalue weighted by Crippen LogP contribution is -2.45. The third-order valence-electron chi connectivity index (χ3n) is 7.15. The molecule has 0 N–H and O–H groups in total. The van der Waals surface area contributed by atoms with E-state index >= 15 is 0 Å². The topological polar surface area (TPSA) is 56.4 Å². The van der Waals surface area contributed by atoms with Crippen LogP contribution in [0, 0.1) is 17.1 Å². The van der Waals surface area contributed by atoms with E-state index in [4.69, 9.17) is 14.2 Å². The lowest BCUT2D eigenvalue weighted by molar-refractivity contribution is -0.301. The average Bonchev–Trinajstić information content (AvgIpc) is 3.21. The van der Waals surface area contributed by atoms with Crippen LogP contribution in [-0.2, 0) is 20.8 Å². The molecule has 0 spiro atoms. The van der Waals surface area contributed by atoms with Gasteiger partial charge >= 0.3 is 0 Å². The third-order valence-corrected chi connectivity index (χ3v) is 7.15. The van der Waals surface area contributed by atoms with Gasteiger partial charge in [-0.2, -0.15) is 5.26 Å². The Balaban J connectivity index is 1.72. The molecule has 218 valence electrons. The first kappa shape index (κ1) is 30.6. The van der Waals surface area contributed by atoms with E-state index in [1.165, 1.54) is 12.1 Å². The Morgan fingerprint density at radius 3 is 2.29 bits per heavy atom. The zero-order valence-electron chi connectivity index (χ0n) is 25.5. The highest BCUT2D eigenvalue weighted by Gasteiger charge is 2.36. The molecule has 0 aliphatic carbocycles. The molecule has 41 heavy (non-hydrogen) atoms. The number of rotatable bonds is 9. The van der Waals surface area contributed by atoms with Crippen LogP contribution in [0.3, 0.4) is 0 Å². The number of benzene rings is 2. The highest BCUT2D eigenvalue weighted by Crippen LogP contribution is 2.42. The lowest BCUT2D eigenvalue weighted by atomic mass is 9.96. The Labute approximate surface area is 244 Å².